The Morgan fingerprint density at radius 2 is 1.48 bits per heavy atom. The van der Waals surface area contributed by atoms with E-state index >= 15 is 0 Å². The SMILES string of the molecule is O=C(NC1(C(=O)OCc2ccccc2)CCCCC1)c1ccccc1. The monoisotopic (exact) mass is 337 g/mol. The standard InChI is InChI=1S/C21H23NO3/c23-19(18-12-6-2-7-13-18)22-21(14-8-3-9-15-21)20(24)25-16-17-10-4-1-5-11-17/h1-2,4-7,10-13H,3,8-9,14-16H2,(H,22,23). The van der Waals surface area contributed by atoms with Crippen molar-refractivity contribution in [1.29, 1.82) is 0 Å². The second-order valence-corrected chi connectivity index (χ2v) is 6.52. The van der Waals surface area contributed by atoms with Crippen LogP contribution >= 0.6 is 0 Å². The van der Waals surface area contributed by atoms with Crippen molar-refractivity contribution >= 4 is 11.9 Å². The van der Waals surface area contributed by atoms with Gasteiger partial charge in [0.05, 0.1) is 0 Å². The number of amides is 1. The molecule has 0 aliphatic heterocycles. The minimum atomic E-state index is -0.917. The van der Waals surface area contributed by atoms with Crippen LogP contribution in [0.15, 0.2) is 60.7 Å². The highest BCUT2D eigenvalue weighted by atomic mass is 16.5. The molecule has 0 bridgehead atoms. The lowest BCUT2D eigenvalue weighted by atomic mass is 9.81. The number of carbonyl (C=O) groups excluding carboxylic acids is 2. The molecule has 0 spiro atoms. The summed E-state index contributed by atoms with van der Waals surface area (Å²) >= 11 is 0. The Kier molecular flexibility index (Phi) is 5.49. The minimum Gasteiger partial charge on any atom is -0.459 e. The topological polar surface area (TPSA) is 55.4 Å². The van der Waals surface area contributed by atoms with Crippen LogP contribution in [0.2, 0.25) is 0 Å². The van der Waals surface area contributed by atoms with Gasteiger partial charge in [-0.3, -0.25) is 4.79 Å². The molecule has 1 fully saturated rings. The molecule has 0 unspecified atom stereocenters. The molecule has 4 heteroatoms. The Morgan fingerprint density at radius 3 is 2.12 bits per heavy atom. The predicted molar refractivity (Wildman–Crippen MR) is 96.0 cm³/mol. The van der Waals surface area contributed by atoms with Crippen molar-refractivity contribution in [3.8, 4) is 0 Å². The number of rotatable bonds is 5. The molecule has 3 rings (SSSR count). The van der Waals surface area contributed by atoms with Crippen LogP contribution in [0.3, 0.4) is 0 Å². The first kappa shape index (κ1) is 17.2. The van der Waals surface area contributed by atoms with Crippen molar-refractivity contribution in [2.45, 2.75) is 44.2 Å². The van der Waals surface area contributed by atoms with Crippen LogP contribution in [-0.4, -0.2) is 17.4 Å². The third-order valence-corrected chi connectivity index (χ3v) is 4.70. The number of esters is 1. The summed E-state index contributed by atoms with van der Waals surface area (Å²) in [5.74, 6) is -0.556. The summed E-state index contributed by atoms with van der Waals surface area (Å²) in [7, 11) is 0. The smallest absolute Gasteiger partial charge is 0.332 e. The van der Waals surface area contributed by atoms with Gasteiger partial charge in [0.1, 0.15) is 12.1 Å². The molecule has 1 N–H and O–H groups in total. The van der Waals surface area contributed by atoms with Gasteiger partial charge in [0.25, 0.3) is 5.91 Å². The third kappa shape index (κ3) is 4.27. The summed E-state index contributed by atoms with van der Waals surface area (Å²) in [6, 6.07) is 18.6. The molecular weight excluding hydrogens is 314 g/mol. The van der Waals surface area contributed by atoms with Gasteiger partial charge < -0.3 is 10.1 Å². The Morgan fingerprint density at radius 1 is 0.880 bits per heavy atom. The lowest BCUT2D eigenvalue weighted by Gasteiger charge is -2.35. The number of nitrogens with one attached hydrogen (secondary N) is 1. The van der Waals surface area contributed by atoms with Gasteiger partial charge >= 0.3 is 5.97 Å². The molecule has 1 saturated carbocycles. The average Bonchev–Trinajstić information content (AvgIpc) is 2.68. The van der Waals surface area contributed by atoms with Gasteiger partial charge in [0.2, 0.25) is 0 Å². The first-order valence-electron chi connectivity index (χ1n) is 8.78. The van der Waals surface area contributed by atoms with E-state index in [1.807, 2.05) is 48.5 Å². The van der Waals surface area contributed by atoms with Crippen LogP contribution in [-0.2, 0) is 16.1 Å². The van der Waals surface area contributed by atoms with Crippen molar-refractivity contribution in [2.75, 3.05) is 0 Å². The third-order valence-electron chi connectivity index (χ3n) is 4.70. The second-order valence-electron chi connectivity index (χ2n) is 6.52. The van der Waals surface area contributed by atoms with Crippen LogP contribution in [0.1, 0.15) is 48.0 Å². The lowest BCUT2D eigenvalue weighted by molar-refractivity contribution is -0.154. The molecule has 1 aliphatic rings. The second kappa shape index (κ2) is 7.97. The summed E-state index contributed by atoms with van der Waals surface area (Å²) in [6.07, 6.45) is 4.15. The number of hydrogen-bond donors (Lipinski definition) is 1. The first-order chi connectivity index (χ1) is 12.2. The lowest BCUT2D eigenvalue weighted by Crippen LogP contribution is -2.56. The summed E-state index contributed by atoms with van der Waals surface area (Å²) in [4.78, 5) is 25.4. The Hall–Kier alpha value is -2.62. The number of carbonyl (C=O) groups is 2. The van der Waals surface area contributed by atoms with Crippen molar-refractivity contribution in [3.63, 3.8) is 0 Å². The number of hydrogen-bond acceptors (Lipinski definition) is 3. The van der Waals surface area contributed by atoms with Gasteiger partial charge in [-0.1, -0.05) is 67.8 Å². The molecule has 130 valence electrons. The quantitative estimate of drug-likeness (QED) is 0.843. The van der Waals surface area contributed by atoms with Gasteiger partial charge in [0, 0.05) is 5.56 Å². The van der Waals surface area contributed by atoms with E-state index in [-0.39, 0.29) is 18.5 Å². The highest BCUT2D eigenvalue weighted by molar-refractivity contribution is 5.98. The zero-order chi connectivity index (χ0) is 17.5. The summed E-state index contributed by atoms with van der Waals surface area (Å²) in [5, 5.41) is 2.97. The van der Waals surface area contributed by atoms with Crippen molar-refractivity contribution in [2.24, 2.45) is 0 Å². The fraction of sp³-hybridized carbons (Fsp3) is 0.333. The summed E-state index contributed by atoms with van der Waals surface area (Å²) in [6.45, 7) is 0.225. The molecular formula is C21H23NO3. The minimum absolute atomic E-state index is 0.223. The Bertz CT molecular complexity index is 706. The molecule has 1 amide bonds. The van der Waals surface area contributed by atoms with Crippen LogP contribution in [0, 0.1) is 0 Å². The van der Waals surface area contributed by atoms with E-state index in [4.69, 9.17) is 4.74 Å². The van der Waals surface area contributed by atoms with Gasteiger partial charge in [-0.05, 0) is 30.5 Å². The maximum Gasteiger partial charge on any atom is 0.332 e. The van der Waals surface area contributed by atoms with E-state index in [9.17, 15) is 9.59 Å². The molecule has 4 nitrogen and oxygen atoms in total. The van der Waals surface area contributed by atoms with Crippen molar-refractivity contribution in [1.82, 2.24) is 5.32 Å². The zero-order valence-electron chi connectivity index (χ0n) is 14.2. The number of ether oxygens (including phenoxy) is 1. The fourth-order valence-corrected chi connectivity index (χ4v) is 3.28. The Balaban J connectivity index is 1.71. The first-order valence-corrected chi connectivity index (χ1v) is 8.78. The molecule has 2 aromatic rings. The molecule has 0 atom stereocenters. The average molecular weight is 337 g/mol. The van der Waals surface area contributed by atoms with E-state index in [0.29, 0.717) is 18.4 Å². The van der Waals surface area contributed by atoms with Crippen LogP contribution in [0.5, 0.6) is 0 Å². The molecule has 0 heterocycles. The molecule has 0 saturated heterocycles. The van der Waals surface area contributed by atoms with Crippen LogP contribution in [0.25, 0.3) is 0 Å². The summed E-state index contributed by atoms with van der Waals surface area (Å²) < 4.78 is 5.55. The maximum atomic E-state index is 12.8. The van der Waals surface area contributed by atoms with Gasteiger partial charge in [-0.15, -0.1) is 0 Å². The molecule has 1 aliphatic carbocycles. The van der Waals surface area contributed by atoms with Crippen molar-refractivity contribution in [3.05, 3.63) is 71.8 Å². The largest absolute Gasteiger partial charge is 0.459 e. The van der Waals surface area contributed by atoms with E-state index < -0.39 is 5.54 Å². The van der Waals surface area contributed by atoms with E-state index in [1.165, 1.54) is 0 Å². The number of benzene rings is 2. The summed E-state index contributed by atoms with van der Waals surface area (Å²) in [5.41, 5.74) is 0.583. The van der Waals surface area contributed by atoms with Gasteiger partial charge in [-0.25, -0.2) is 4.79 Å². The highest BCUT2D eigenvalue weighted by Crippen LogP contribution is 2.30. The molecule has 0 radical (unpaired) electrons. The van der Waals surface area contributed by atoms with Crippen molar-refractivity contribution < 1.29 is 14.3 Å². The molecule has 2 aromatic carbocycles. The fourth-order valence-electron chi connectivity index (χ4n) is 3.28. The van der Waals surface area contributed by atoms with Gasteiger partial charge in [-0.2, -0.15) is 0 Å². The van der Waals surface area contributed by atoms with E-state index in [2.05, 4.69) is 5.32 Å². The highest BCUT2D eigenvalue weighted by Gasteiger charge is 2.42. The van der Waals surface area contributed by atoms with E-state index in [1.54, 1.807) is 12.1 Å². The van der Waals surface area contributed by atoms with E-state index in [0.717, 1.165) is 24.8 Å². The van der Waals surface area contributed by atoms with Crippen LogP contribution in [0.4, 0.5) is 0 Å². The zero-order valence-corrected chi connectivity index (χ0v) is 14.2. The Labute approximate surface area is 148 Å². The predicted octanol–water partition coefficient (Wildman–Crippen LogP) is 3.86. The van der Waals surface area contributed by atoms with Gasteiger partial charge in [0.15, 0.2) is 0 Å². The van der Waals surface area contributed by atoms with Crippen LogP contribution < -0.4 is 5.32 Å². The maximum absolute atomic E-state index is 12.8. The molecule has 25 heavy (non-hydrogen) atoms. The normalized spacial score (nSPS) is 16.0. The molecule has 0 aromatic heterocycles.